The average molecular weight is 356 g/mol. The van der Waals surface area contributed by atoms with Gasteiger partial charge in [-0.1, -0.05) is 0 Å². The van der Waals surface area contributed by atoms with Crippen LogP contribution >= 0.6 is 23.5 Å². The Labute approximate surface area is 143 Å². The first-order valence-corrected chi connectivity index (χ1v) is 9.43. The van der Waals surface area contributed by atoms with Gasteiger partial charge < -0.3 is 20.0 Å². The lowest BCUT2D eigenvalue weighted by molar-refractivity contribution is -0.161. The van der Waals surface area contributed by atoms with Gasteiger partial charge in [-0.05, 0) is 19.3 Å². The number of nitrogens with zero attached hydrogens (tertiary/aromatic N) is 2. The summed E-state index contributed by atoms with van der Waals surface area (Å²) in [7, 11) is 2.03. The topological polar surface area (TPSA) is 81.1 Å². The van der Waals surface area contributed by atoms with Crippen LogP contribution in [0.1, 0.15) is 20.3 Å². The zero-order valence-electron chi connectivity index (χ0n) is 13.2. The molecule has 0 saturated carbocycles. The fourth-order valence-electron chi connectivity index (χ4n) is 3.24. The fourth-order valence-corrected chi connectivity index (χ4v) is 5.49. The number of β-lactam (4-membered cyclic amide) rings is 1. The highest BCUT2D eigenvalue weighted by atomic mass is 32.2. The molecule has 0 radical (unpaired) electrons. The van der Waals surface area contributed by atoms with Crippen LogP contribution in [0, 0.1) is 5.92 Å². The molecule has 8 heteroatoms. The van der Waals surface area contributed by atoms with E-state index in [9.17, 15) is 19.8 Å². The highest BCUT2D eigenvalue weighted by Crippen LogP contribution is 2.47. The minimum atomic E-state index is -1.07. The molecule has 3 unspecified atom stereocenters. The molecule has 3 heterocycles. The molecule has 126 valence electrons. The molecule has 2 N–H and O–H groups in total. The van der Waals surface area contributed by atoms with Crippen molar-refractivity contribution in [2.75, 3.05) is 12.8 Å². The lowest BCUT2D eigenvalue weighted by Crippen LogP contribution is -2.61. The first-order chi connectivity index (χ1) is 10.8. The minimum absolute atomic E-state index is 0.101. The Morgan fingerprint density at radius 1 is 1.57 bits per heavy atom. The van der Waals surface area contributed by atoms with Gasteiger partial charge in [0.2, 0.25) is 5.91 Å². The molecule has 1 fully saturated rings. The van der Waals surface area contributed by atoms with E-state index in [-0.39, 0.29) is 17.6 Å². The SMILES string of the molecule is CC1SC=C(CSC2=C(C(=O)O)N3C(=O)C([C@@H](C)O)C3C2)N1C. The minimum Gasteiger partial charge on any atom is -0.477 e. The average Bonchev–Trinajstić information content (AvgIpc) is 2.96. The van der Waals surface area contributed by atoms with E-state index in [1.165, 1.54) is 16.7 Å². The van der Waals surface area contributed by atoms with E-state index in [1.807, 2.05) is 7.05 Å². The van der Waals surface area contributed by atoms with Crippen molar-refractivity contribution in [1.29, 1.82) is 0 Å². The summed E-state index contributed by atoms with van der Waals surface area (Å²) >= 11 is 3.23. The summed E-state index contributed by atoms with van der Waals surface area (Å²) in [4.78, 5) is 28.0. The largest absolute Gasteiger partial charge is 0.477 e. The van der Waals surface area contributed by atoms with E-state index in [4.69, 9.17) is 0 Å². The Hall–Kier alpha value is -1.12. The van der Waals surface area contributed by atoms with Gasteiger partial charge in [0.1, 0.15) is 5.70 Å². The van der Waals surface area contributed by atoms with Gasteiger partial charge in [0.05, 0.1) is 23.4 Å². The molecule has 0 spiro atoms. The molecule has 1 amide bonds. The van der Waals surface area contributed by atoms with Gasteiger partial charge in [-0.2, -0.15) is 0 Å². The van der Waals surface area contributed by atoms with E-state index in [2.05, 4.69) is 17.2 Å². The van der Waals surface area contributed by atoms with Gasteiger partial charge >= 0.3 is 5.97 Å². The molecular weight excluding hydrogens is 336 g/mol. The summed E-state index contributed by atoms with van der Waals surface area (Å²) in [5.74, 6) is -1.14. The summed E-state index contributed by atoms with van der Waals surface area (Å²) in [5, 5.41) is 21.7. The molecule has 0 aromatic carbocycles. The molecule has 0 aromatic heterocycles. The number of aliphatic carboxylic acids is 1. The number of carboxylic acid groups (broad SMARTS) is 1. The standard InChI is InChI=1S/C15H20N2O4S2/c1-7(18)12-10-4-11(13(15(20)21)17(10)14(12)19)23-6-9-5-22-8(2)16(9)3/h5,7-8,10,12,18H,4,6H2,1-3H3,(H,20,21)/t7-,8?,10?,12?/m1/s1. The van der Waals surface area contributed by atoms with Crippen molar-refractivity contribution in [2.45, 2.75) is 37.8 Å². The number of aliphatic hydroxyl groups is 1. The number of aliphatic hydroxyl groups excluding tert-OH is 1. The number of carbonyl (C=O) groups excluding carboxylic acids is 1. The predicted octanol–water partition coefficient (Wildman–Crippen LogP) is 1.49. The van der Waals surface area contributed by atoms with Gasteiger partial charge in [0.25, 0.3) is 0 Å². The molecule has 4 atom stereocenters. The third kappa shape index (κ3) is 2.66. The van der Waals surface area contributed by atoms with Crippen molar-refractivity contribution in [3.63, 3.8) is 0 Å². The molecule has 6 nitrogen and oxygen atoms in total. The van der Waals surface area contributed by atoms with E-state index in [0.29, 0.717) is 17.5 Å². The maximum atomic E-state index is 12.1. The predicted molar refractivity (Wildman–Crippen MR) is 90.4 cm³/mol. The zero-order chi connectivity index (χ0) is 16.9. The molecule has 1 saturated heterocycles. The van der Waals surface area contributed by atoms with Crippen molar-refractivity contribution in [2.24, 2.45) is 5.92 Å². The lowest BCUT2D eigenvalue weighted by atomic mass is 9.83. The number of amides is 1. The van der Waals surface area contributed by atoms with Crippen LogP contribution in [0.3, 0.4) is 0 Å². The highest BCUT2D eigenvalue weighted by molar-refractivity contribution is 8.04. The Morgan fingerprint density at radius 3 is 2.78 bits per heavy atom. The second kappa shape index (κ2) is 6.07. The smallest absolute Gasteiger partial charge is 0.353 e. The maximum Gasteiger partial charge on any atom is 0.353 e. The van der Waals surface area contributed by atoms with Crippen LogP contribution in [0.15, 0.2) is 21.7 Å². The number of hydrogen-bond donors (Lipinski definition) is 2. The van der Waals surface area contributed by atoms with Crippen LogP contribution < -0.4 is 0 Å². The van der Waals surface area contributed by atoms with Crippen molar-refractivity contribution in [3.05, 3.63) is 21.7 Å². The van der Waals surface area contributed by atoms with Crippen LogP contribution in [0.2, 0.25) is 0 Å². The molecule has 3 aliphatic rings. The third-order valence-corrected chi connectivity index (χ3v) is 6.95. The summed E-state index contributed by atoms with van der Waals surface area (Å²) < 4.78 is 0. The van der Waals surface area contributed by atoms with E-state index >= 15 is 0 Å². The number of carboxylic acids is 1. The molecule has 3 rings (SSSR count). The molecule has 0 aromatic rings. The van der Waals surface area contributed by atoms with Crippen LogP contribution in [0.4, 0.5) is 0 Å². The van der Waals surface area contributed by atoms with Crippen molar-refractivity contribution >= 4 is 35.4 Å². The van der Waals surface area contributed by atoms with Gasteiger partial charge in [0.15, 0.2) is 0 Å². The zero-order valence-corrected chi connectivity index (χ0v) is 14.9. The quantitative estimate of drug-likeness (QED) is 0.722. The van der Waals surface area contributed by atoms with Crippen molar-refractivity contribution < 1.29 is 19.8 Å². The summed E-state index contributed by atoms with van der Waals surface area (Å²) in [6.07, 6.45) is -0.225. The Kier molecular flexibility index (Phi) is 4.41. The van der Waals surface area contributed by atoms with Gasteiger partial charge in [-0.25, -0.2) is 4.79 Å². The molecule has 3 aliphatic heterocycles. The Balaban J connectivity index is 1.74. The summed E-state index contributed by atoms with van der Waals surface area (Å²) in [6.45, 7) is 3.70. The monoisotopic (exact) mass is 356 g/mol. The number of hydrogen-bond acceptors (Lipinski definition) is 6. The molecule has 23 heavy (non-hydrogen) atoms. The van der Waals surface area contributed by atoms with E-state index < -0.39 is 18.0 Å². The fraction of sp³-hybridized carbons (Fsp3) is 0.600. The molecule has 0 bridgehead atoms. The maximum absolute atomic E-state index is 12.1. The van der Waals surface area contributed by atoms with Crippen LogP contribution in [0.25, 0.3) is 0 Å². The number of thioether (sulfide) groups is 2. The number of rotatable bonds is 5. The van der Waals surface area contributed by atoms with Crippen LogP contribution in [-0.2, 0) is 9.59 Å². The van der Waals surface area contributed by atoms with E-state index in [1.54, 1.807) is 18.7 Å². The Morgan fingerprint density at radius 2 is 2.26 bits per heavy atom. The first kappa shape index (κ1) is 16.7. The second-order valence-corrected chi connectivity index (χ2v) is 8.33. The normalized spacial score (nSPS) is 31.2. The van der Waals surface area contributed by atoms with Crippen LogP contribution in [-0.4, -0.2) is 62.2 Å². The van der Waals surface area contributed by atoms with Gasteiger partial charge in [-0.3, -0.25) is 4.79 Å². The van der Waals surface area contributed by atoms with E-state index in [0.717, 1.165) is 10.6 Å². The molecule has 0 aliphatic carbocycles. The van der Waals surface area contributed by atoms with Crippen molar-refractivity contribution in [3.8, 4) is 0 Å². The highest BCUT2D eigenvalue weighted by Gasteiger charge is 2.56. The first-order valence-electron chi connectivity index (χ1n) is 7.50. The Bertz CT molecular complexity index is 617. The van der Waals surface area contributed by atoms with Crippen molar-refractivity contribution in [1.82, 2.24) is 9.80 Å². The second-order valence-electron chi connectivity index (χ2n) is 6.07. The van der Waals surface area contributed by atoms with Gasteiger partial charge in [-0.15, -0.1) is 23.5 Å². The summed E-state index contributed by atoms with van der Waals surface area (Å²) in [5.41, 5.74) is 1.27. The third-order valence-electron chi connectivity index (χ3n) is 4.68. The summed E-state index contributed by atoms with van der Waals surface area (Å²) in [6, 6.07) is -0.209. The van der Waals surface area contributed by atoms with Gasteiger partial charge in [0, 0.05) is 29.8 Å². The number of carbonyl (C=O) groups is 2. The van der Waals surface area contributed by atoms with Crippen LogP contribution in [0.5, 0.6) is 0 Å². The number of fused-ring (bicyclic) bond motifs is 1. The lowest BCUT2D eigenvalue weighted by Gasteiger charge is -2.44. The molecular formula is C15H20N2O4S2.